The first-order valence-electron chi connectivity index (χ1n) is 7.20. The van der Waals surface area contributed by atoms with Gasteiger partial charge >= 0.3 is 0 Å². The molecule has 0 spiro atoms. The summed E-state index contributed by atoms with van der Waals surface area (Å²) in [4.78, 5) is 2.58. The lowest BCUT2D eigenvalue weighted by Crippen LogP contribution is -2.36. The van der Waals surface area contributed by atoms with Crippen molar-refractivity contribution in [2.24, 2.45) is 5.92 Å². The number of rotatable bonds is 4. The van der Waals surface area contributed by atoms with Crippen LogP contribution >= 0.6 is 0 Å². The van der Waals surface area contributed by atoms with E-state index < -0.39 is 0 Å². The molecule has 1 aliphatic carbocycles. The smallest absolute Gasteiger partial charge is 0.0389 e. The fourth-order valence-corrected chi connectivity index (χ4v) is 2.88. The molecular weight excluding hydrogens is 220 g/mol. The zero-order valence-electron chi connectivity index (χ0n) is 11.9. The van der Waals surface area contributed by atoms with E-state index in [1.54, 1.807) is 0 Å². The molecule has 1 fully saturated rings. The molecule has 0 radical (unpaired) electrons. The number of aryl methyl sites for hydroxylation is 1. The van der Waals surface area contributed by atoms with Gasteiger partial charge < -0.3 is 10.6 Å². The summed E-state index contributed by atoms with van der Waals surface area (Å²) in [5, 5.41) is 0. The van der Waals surface area contributed by atoms with E-state index in [1.165, 1.54) is 36.9 Å². The van der Waals surface area contributed by atoms with Crippen LogP contribution in [0.3, 0.4) is 0 Å². The number of anilines is 2. The largest absolute Gasteiger partial charge is 0.398 e. The van der Waals surface area contributed by atoms with Crippen molar-refractivity contribution in [1.82, 2.24) is 0 Å². The third-order valence-electron chi connectivity index (χ3n) is 3.92. The minimum Gasteiger partial charge on any atom is -0.398 e. The Kier molecular flexibility index (Phi) is 4.15. The van der Waals surface area contributed by atoms with Crippen LogP contribution in [0, 0.1) is 12.8 Å². The highest BCUT2D eigenvalue weighted by atomic mass is 15.2. The van der Waals surface area contributed by atoms with Gasteiger partial charge in [0.25, 0.3) is 0 Å². The molecule has 100 valence electrons. The van der Waals surface area contributed by atoms with Crippen molar-refractivity contribution in [3.8, 4) is 0 Å². The molecule has 0 atom stereocenters. The second-order valence-corrected chi connectivity index (χ2v) is 6.03. The number of nitrogen functional groups attached to an aromatic ring is 1. The summed E-state index contributed by atoms with van der Waals surface area (Å²) in [6.07, 6.45) is 5.42. The Morgan fingerprint density at radius 2 is 1.94 bits per heavy atom. The van der Waals surface area contributed by atoms with Crippen molar-refractivity contribution in [2.45, 2.75) is 52.5 Å². The summed E-state index contributed by atoms with van der Waals surface area (Å²) in [5.41, 5.74) is 9.46. The first-order valence-corrected chi connectivity index (χ1v) is 7.20. The van der Waals surface area contributed by atoms with Crippen LogP contribution in [-0.2, 0) is 0 Å². The fourth-order valence-electron chi connectivity index (χ4n) is 2.88. The molecule has 1 aliphatic rings. The molecule has 0 saturated heterocycles. The van der Waals surface area contributed by atoms with Crippen LogP contribution in [0.25, 0.3) is 0 Å². The van der Waals surface area contributed by atoms with Crippen molar-refractivity contribution in [1.29, 1.82) is 0 Å². The van der Waals surface area contributed by atoms with E-state index in [9.17, 15) is 0 Å². The molecule has 2 rings (SSSR count). The first-order chi connectivity index (χ1) is 8.58. The van der Waals surface area contributed by atoms with Crippen LogP contribution < -0.4 is 10.6 Å². The first kappa shape index (κ1) is 13.3. The molecule has 2 heteroatoms. The highest BCUT2D eigenvalue weighted by Crippen LogP contribution is 2.30. The SMILES string of the molecule is Cc1ccc(N(CC(C)C)C2CCCC2)cc1N. The summed E-state index contributed by atoms with van der Waals surface area (Å²) < 4.78 is 0. The topological polar surface area (TPSA) is 29.3 Å². The summed E-state index contributed by atoms with van der Waals surface area (Å²) in [6, 6.07) is 7.24. The van der Waals surface area contributed by atoms with E-state index in [4.69, 9.17) is 5.73 Å². The minimum absolute atomic E-state index is 0.688. The van der Waals surface area contributed by atoms with Gasteiger partial charge in [0.2, 0.25) is 0 Å². The zero-order valence-corrected chi connectivity index (χ0v) is 11.9. The molecule has 2 nitrogen and oxygen atoms in total. The Balaban J connectivity index is 2.23. The standard InChI is InChI=1S/C16H26N2/c1-12(2)11-18(14-6-4-5-7-14)15-9-8-13(3)16(17)10-15/h8-10,12,14H,4-7,11,17H2,1-3H3. The minimum atomic E-state index is 0.688. The predicted octanol–water partition coefficient (Wildman–Crippen LogP) is 3.98. The number of benzene rings is 1. The Morgan fingerprint density at radius 1 is 1.28 bits per heavy atom. The average molecular weight is 246 g/mol. The van der Waals surface area contributed by atoms with Crippen molar-refractivity contribution >= 4 is 11.4 Å². The van der Waals surface area contributed by atoms with E-state index in [2.05, 4.69) is 43.9 Å². The van der Waals surface area contributed by atoms with E-state index in [0.717, 1.165) is 18.3 Å². The molecule has 0 aliphatic heterocycles. The lowest BCUT2D eigenvalue weighted by atomic mass is 10.1. The molecule has 18 heavy (non-hydrogen) atoms. The third-order valence-corrected chi connectivity index (χ3v) is 3.92. The van der Waals surface area contributed by atoms with Crippen molar-refractivity contribution in [2.75, 3.05) is 17.2 Å². The fraction of sp³-hybridized carbons (Fsp3) is 0.625. The highest BCUT2D eigenvalue weighted by molar-refractivity contribution is 5.60. The molecule has 0 amide bonds. The van der Waals surface area contributed by atoms with Crippen LogP contribution in [0.4, 0.5) is 11.4 Å². The van der Waals surface area contributed by atoms with Crippen LogP contribution in [0.15, 0.2) is 18.2 Å². The molecule has 0 aromatic heterocycles. The van der Waals surface area contributed by atoms with E-state index >= 15 is 0 Å². The molecule has 2 N–H and O–H groups in total. The summed E-state index contributed by atoms with van der Waals surface area (Å²) in [5.74, 6) is 0.688. The Bertz CT molecular complexity index is 392. The van der Waals surface area contributed by atoms with Crippen molar-refractivity contribution in [3.63, 3.8) is 0 Å². The van der Waals surface area contributed by atoms with Gasteiger partial charge in [-0.2, -0.15) is 0 Å². The lowest BCUT2D eigenvalue weighted by molar-refractivity contribution is 0.536. The molecule has 0 bridgehead atoms. The molecular formula is C16H26N2. The highest BCUT2D eigenvalue weighted by Gasteiger charge is 2.23. The van der Waals surface area contributed by atoms with Crippen LogP contribution in [0.5, 0.6) is 0 Å². The summed E-state index contributed by atoms with van der Waals surface area (Å²) in [7, 11) is 0. The second-order valence-electron chi connectivity index (χ2n) is 6.03. The van der Waals surface area contributed by atoms with Gasteiger partial charge in [-0.1, -0.05) is 32.8 Å². The van der Waals surface area contributed by atoms with Gasteiger partial charge in [-0.3, -0.25) is 0 Å². The quantitative estimate of drug-likeness (QED) is 0.814. The zero-order chi connectivity index (χ0) is 13.1. The van der Waals surface area contributed by atoms with Gasteiger partial charge in [0, 0.05) is 24.0 Å². The predicted molar refractivity (Wildman–Crippen MR) is 80.0 cm³/mol. The Labute approximate surface area is 111 Å². The number of hydrogen-bond acceptors (Lipinski definition) is 2. The second kappa shape index (κ2) is 5.64. The average Bonchev–Trinajstić information content (AvgIpc) is 2.83. The number of hydrogen-bond donors (Lipinski definition) is 1. The lowest BCUT2D eigenvalue weighted by Gasteiger charge is -2.33. The van der Waals surface area contributed by atoms with E-state index in [0.29, 0.717) is 5.92 Å². The molecule has 1 aromatic rings. The maximum Gasteiger partial charge on any atom is 0.0389 e. The van der Waals surface area contributed by atoms with Gasteiger partial charge in [-0.25, -0.2) is 0 Å². The van der Waals surface area contributed by atoms with Crippen LogP contribution in [0.2, 0.25) is 0 Å². The van der Waals surface area contributed by atoms with Gasteiger partial charge in [0.1, 0.15) is 0 Å². The van der Waals surface area contributed by atoms with Gasteiger partial charge in [0.15, 0.2) is 0 Å². The Morgan fingerprint density at radius 3 is 2.50 bits per heavy atom. The van der Waals surface area contributed by atoms with Crippen LogP contribution in [0.1, 0.15) is 45.1 Å². The molecule has 1 saturated carbocycles. The monoisotopic (exact) mass is 246 g/mol. The van der Waals surface area contributed by atoms with Gasteiger partial charge in [-0.05, 0) is 43.4 Å². The number of nitrogens with two attached hydrogens (primary N) is 1. The van der Waals surface area contributed by atoms with Crippen molar-refractivity contribution < 1.29 is 0 Å². The van der Waals surface area contributed by atoms with Crippen LogP contribution in [-0.4, -0.2) is 12.6 Å². The normalized spacial score (nSPS) is 16.4. The number of nitrogens with zero attached hydrogens (tertiary/aromatic N) is 1. The summed E-state index contributed by atoms with van der Waals surface area (Å²) in [6.45, 7) is 7.79. The molecule has 0 unspecified atom stereocenters. The summed E-state index contributed by atoms with van der Waals surface area (Å²) >= 11 is 0. The van der Waals surface area contributed by atoms with Gasteiger partial charge in [-0.15, -0.1) is 0 Å². The van der Waals surface area contributed by atoms with Crippen molar-refractivity contribution in [3.05, 3.63) is 23.8 Å². The Hall–Kier alpha value is -1.18. The maximum atomic E-state index is 6.06. The maximum absolute atomic E-state index is 6.06. The third kappa shape index (κ3) is 2.98. The molecule has 1 aromatic carbocycles. The van der Waals surface area contributed by atoms with E-state index in [-0.39, 0.29) is 0 Å². The molecule has 0 heterocycles. The van der Waals surface area contributed by atoms with E-state index in [1.807, 2.05) is 0 Å². The van der Waals surface area contributed by atoms with Gasteiger partial charge in [0.05, 0.1) is 0 Å².